The zero-order valence-electron chi connectivity index (χ0n) is 14.1. The third-order valence-corrected chi connectivity index (χ3v) is 4.60. The van der Waals surface area contributed by atoms with Gasteiger partial charge in [-0.05, 0) is 50.6 Å². The Bertz CT molecular complexity index is 493. The Kier molecular flexibility index (Phi) is 7.06. The Balaban J connectivity index is 1.74. The van der Waals surface area contributed by atoms with Crippen molar-refractivity contribution >= 4 is 0 Å². The highest BCUT2D eigenvalue weighted by atomic mass is 19.1. The highest BCUT2D eigenvalue weighted by molar-refractivity contribution is 5.23. The maximum absolute atomic E-state index is 13.0. The third kappa shape index (κ3) is 6.32. The second-order valence-electron chi connectivity index (χ2n) is 6.76. The molecule has 3 nitrogen and oxygen atoms in total. The van der Waals surface area contributed by atoms with Gasteiger partial charge in [-0.25, -0.2) is 4.39 Å². The van der Waals surface area contributed by atoms with Crippen LogP contribution in [0.5, 0.6) is 0 Å². The summed E-state index contributed by atoms with van der Waals surface area (Å²) in [6.45, 7) is 0.728. The van der Waals surface area contributed by atoms with Gasteiger partial charge in [0, 0.05) is 25.7 Å². The van der Waals surface area contributed by atoms with Crippen LogP contribution >= 0.6 is 0 Å². The number of allylic oxidation sites excluding steroid dienone is 6. The lowest BCUT2D eigenvalue weighted by atomic mass is 9.94. The van der Waals surface area contributed by atoms with E-state index >= 15 is 0 Å². The van der Waals surface area contributed by atoms with Gasteiger partial charge in [-0.15, -0.1) is 0 Å². The Hall–Kier alpha value is -1.39. The minimum atomic E-state index is -0.0652. The third-order valence-electron chi connectivity index (χ3n) is 4.60. The molecule has 0 bridgehead atoms. The van der Waals surface area contributed by atoms with E-state index in [1.54, 1.807) is 6.08 Å². The monoisotopic (exact) mass is 319 g/mol. The first kappa shape index (κ1) is 18.0. The van der Waals surface area contributed by atoms with Gasteiger partial charge in [0.15, 0.2) is 0 Å². The number of hydrogen-bond acceptors (Lipinski definition) is 3. The predicted molar refractivity (Wildman–Crippen MR) is 95.3 cm³/mol. The van der Waals surface area contributed by atoms with E-state index in [0.29, 0.717) is 12.3 Å². The normalized spacial score (nSPS) is 24.3. The van der Waals surface area contributed by atoms with Crippen molar-refractivity contribution in [3.05, 3.63) is 48.0 Å². The number of nitrogens with zero attached hydrogens (tertiary/aromatic N) is 1. The molecule has 0 aromatic carbocycles. The predicted octanol–water partition coefficient (Wildman–Crippen LogP) is 3.41. The first-order chi connectivity index (χ1) is 11.0. The molecule has 2 aliphatic rings. The average Bonchev–Trinajstić information content (AvgIpc) is 2.55. The van der Waals surface area contributed by atoms with Crippen LogP contribution in [0.1, 0.15) is 38.5 Å². The maximum Gasteiger partial charge on any atom is 0.0960 e. The second-order valence-corrected chi connectivity index (χ2v) is 6.76. The molecule has 2 rings (SSSR count). The Morgan fingerprint density at radius 1 is 1.30 bits per heavy atom. The van der Waals surface area contributed by atoms with Gasteiger partial charge < -0.3 is 16.4 Å². The molecule has 4 N–H and O–H groups in total. The SMILES string of the molecule is CN(/C=C\C1CC=C(F)CC1)C[C@@H](N)[C@@H](N)CC1=CCCC=C1. The van der Waals surface area contributed by atoms with Crippen molar-refractivity contribution in [2.75, 3.05) is 13.6 Å². The lowest BCUT2D eigenvalue weighted by molar-refractivity contribution is 0.370. The summed E-state index contributed by atoms with van der Waals surface area (Å²) in [5, 5.41) is 0. The van der Waals surface area contributed by atoms with Crippen molar-refractivity contribution < 1.29 is 4.39 Å². The lowest BCUT2D eigenvalue weighted by Gasteiger charge is -2.26. The smallest absolute Gasteiger partial charge is 0.0960 e. The number of hydrogen-bond donors (Lipinski definition) is 2. The standard InChI is InChI=1S/C19H30FN3/c1-23(12-11-15-7-9-17(20)10-8-15)14-19(22)18(21)13-16-5-3-2-4-6-16/h3,5-6,9,11-12,15,18-19H,2,4,7-8,10,13-14,21-22H2,1H3/b12-11-/t15?,18-,19+/m0/s1. The largest absolute Gasteiger partial charge is 0.379 e. The topological polar surface area (TPSA) is 55.3 Å². The molecule has 1 unspecified atom stereocenters. The van der Waals surface area contributed by atoms with E-state index in [0.717, 1.165) is 38.6 Å². The van der Waals surface area contributed by atoms with Gasteiger partial charge in [0.1, 0.15) is 0 Å². The molecule has 0 amide bonds. The highest BCUT2D eigenvalue weighted by Crippen LogP contribution is 2.25. The summed E-state index contributed by atoms with van der Waals surface area (Å²) in [6.07, 6.45) is 17.8. The molecule has 4 heteroatoms. The highest BCUT2D eigenvalue weighted by Gasteiger charge is 2.16. The summed E-state index contributed by atoms with van der Waals surface area (Å²) in [5.41, 5.74) is 13.8. The van der Waals surface area contributed by atoms with E-state index in [2.05, 4.69) is 35.4 Å². The van der Waals surface area contributed by atoms with E-state index in [4.69, 9.17) is 11.5 Å². The molecule has 0 aromatic rings. The molecule has 3 atom stereocenters. The van der Waals surface area contributed by atoms with Crippen LogP contribution in [0.2, 0.25) is 0 Å². The fourth-order valence-electron chi connectivity index (χ4n) is 3.04. The summed E-state index contributed by atoms with van der Waals surface area (Å²) in [7, 11) is 2.02. The molecular formula is C19H30FN3. The van der Waals surface area contributed by atoms with Crippen molar-refractivity contribution in [3.8, 4) is 0 Å². The van der Waals surface area contributed by atoms with Crippen molar-refractivity contribution in [2.45, 2.75) is 50.6 Å². The van der Waals surface area contributed by atoms with E-state index in [-0.39, 0.29) is 17.9 Å². The molecule has 23 heavy (non-hydrogen) atoms. The molecule has 128 valence electrons. The van der Waals surface area contributed by atoms with Crippen LogP contribution in [-0.2, 0) is 0 Å². The van der Waals surface area contributed by atoms with Crippen LogP contribution in [0.25, 0.3) is 0 Å². The number of likely N-dealkylation sites (N-methyl/N-ethyl adjacent to an activating group) is 1. The van der Waals surface area contributed by atoms with Gasteiger partial charge in [0.05, 0.1) is 5.83 Å². The van der Waals surface area contributed by atoms with Crippen LogP contribution in [0.15, 0.2) is 48.0 Å². The molecular weight excluding hydrogens is 289 g/mol. The summed E-state index contributed by atoms with van der Waals surface area (Å²) in [4.78, 5) is 2.09. The molecule has 2 aliphatic carbocycles. The number of nitrogens with two attached hydrogens (primary N) is 2. The molecule has 0 spiro atoms. The molecule has 0 fully saturated rings. The summed E-state index contributed by atoms with van der Waals surface area (Å²) >= 11 is 0. The van der Waals surface area contributed by atoms with Crippen LogP contribution in [-0.4, -0.2) is 30.6 Å². The van der Waals surface area contributed by atoms with Crippen LogP contribution < -0.4 is 11.5 Å². The molecule has 0 aliphatic heterocycles. The number of halogens is 1. The second kappa shape index (κ2) is 9.04. The van der Waals surface area contributed by atoms with Crippen molar-refractivity contribution in [2.24, 2.45) is 17.4 Å². The minimum Gasteiger partial charge on any atom is -0.379 e. The maximum atomic E-state index is 13.0. The Labute approximate surface area is 139 Å². The van der Waals surface area contributed by atoms with E-state index in [1.165, 1.54) is 5.57 Å². The van der Waals surface area contributed by atoms with Gasteiger partial charge in [-0.2, -0.15) is 0 Å². The molecule has 0 aromatic heterocycles. The summed E-state index contributed by atoms with van der Waals surface area (Å²) in [5.74, 6) is 0.460. The average molecular weight is 319 g/mol. The first-order valence-corrected chi connectivity index (χ1v) is 8.64. The minimum absolute atomic E-state index is 0.0297. The van der Waals surface area contributed by atoms with Crippen LogP contribution in [0.3, 0.4) is 0 Å². The van der Waals surface area contributed by atoms with Gasteiger partial charge in [0.2, 0.25) is 0 Å². The van der Waals surface area contributed by atoms with Gasteiger partial charge in [-0.1, -0.05) is 36.0 Å². The first-order valence-electron chi connectivity index (χ1n) is 8.64. The fourth-order valence-corrected chi connectivity index (χ4v) is 3.04. The van der Waals surface area contributed by atoms with E-state index < -0.39 is 0 Å². The van der Waals surface area contributed by atoms with Crippen molar-refractivity contribution in [1.29, 1.82) is 0 Å². The molecule has 0 heterocycles. The molecule has 0 saturated carbocycles. The van der Waals surface area contributed by atoms with E-state index in [1.807, 2.05) is 7.05 Å². The molecule has 0 radical (unpaired) electrons. The quantitative estimate of drug-likeness (QED) is 0.756. The summed E-state index contributed by atoms with van der Waals surface area (Å²) < 4.78 is 13.0. The lowest BCUT2D eigenvalue weighted by Crippen LogP contribution is -2.47. The van der Waals surface area contributed by atoms with Crippen LogP contribution in [0.4, 0.5) is 4.39 Å². The van der Waals surface area contributed by atoms with Gasteiger partial charge in [-0.3, -0.25) is 0 Å². The fraction of sp³-hybridized carbons (Fsp3) is 0.579. The Morgan fingerprint density at radius 3 is 2.78 bits per heavy atom. The molecule has 0 saturated heterocycles. The summed E-state index contributed by atoms with van der Waals surface area (Å²) in [6, 6.07) is -0.101. The van der Waals surface area contributed by atoms with Crippen molar-refractivity contribution in [1.82, 2.24) is 4.90 Å². The van der Waals surface area contributed by atoms with Gasteiger partial charge in [0.25, 0.3) is 0 Å². The van der Waals surface area contributed by atoms with Crippen LogP contribution in [0, 0.1) is 5.92 Å². The van der Waals surface area contributed by atoms with E-state index in [9.17, 15) is 4.39 Å². The van der Waals surface area contributed by atoms with Crippen molar-refractivity contribution in [3.63, 3.8) is 0 Å². The Morgan fingerprint density at radius 2 is 2.13 bits per heavy atom. The number of rotatable bonds is 7. The zero-order chi connectivity index (χ0) is 16.7. The van der Waals surface area contributed by atoms with Gasteiger partial charge >= 0.3 is 0 Å². The zero-order valence-corrected chi connectivity index (χ0v) is 14.1.